The van der Waals surface area contributed by atoms with Crippen LogP contribution in [0.2, 0.25) is 0 Å². The molecule has 1 aliphatic heterocycles. The van der Waals surface area contributed by atoms with E-state index in [0.717, 1.165) is 35.7 Å². The molecule has 1 aliphatic carbocycles. The minimum absolute atomic E-state index is 0. The van der Waals surface area contributed by atoms with E-state index in [9.17, 15) is 0 Å². The van der Waals surface area contributed by atoms with Gasteiger partial charge in [-0.25, -0.2) is 4.99 Å². The molecule has 7 nitrogen and oxygen atoms in total. The molecular formula is C23H35IN6O. The number of hydrogen-bond donors (Lipinski definition) is 2. The summed E-state index contributed by atoms with van der Waals surface area (Å²) in [6.45, 7) is 5.48. The van der Waals surface area contributed by atoms with Crippen molar-refractivity contribution in [3.8, 4) is 5.75 Å². The second-order valence-electron chi connectivity index (χ2n) is 8.53. The number of nitrogens with one attached hydrogen (secondary N) is 2. The first kappa shape index (κ1) is 23.8. The number of aromatic nitrogens is 3. The van der Waals surface area contributed by atoms with Gasteiger partial charge in [0.2, 0.25) is 0 Å². The van der Waals surface area contributed by atoms with Gasteiger partial charge >= 0.3 is 0 Å². The average Bonchev–Trinajstić information content (AvgIpc) is 3.10. The maximum atomic E-state index is 5.84. The number of hydrogen-bond acceptors (Lipinski definition) is 4. The molecule has 0 radical (unpaired) electrons. The van der Waals surface area contributed by atoms with Crippen LogP contribution < -0.4 is 15.4 Å². The van der Waals surface area contributed by atoms with Gasteiger partial charge in [0.1, 0.15) is 18.1 Å². The van der Waals surface area contributed by atoms with Gasteiger partial charge in [-0.15, -0.1) is 34.2 Å². The van der Waals surface area contributed by atoms with Crippen LogP contribution in [0.15, 0.2) is 29.3 Å². The van der Waals surface area contributed by atoms with E-state index >= 15 is 0 Å². The molecule has 0 saturated heterocycles. The number of fused-ring (bicyclic) bond motifs is 1. The molecule has 0 spiro atoms. The molecule has 0 bridgehead atoms. The summed E-state index contributed by atoms with van der Waals surface area (Å²) in [6.07, 6.45) is 7.20. The molecule has 31 heavy (non-hydrogen) atoms. The Kier molecular flexibility index (Phi) is 8.57. The number of guanidine groups is 1. The van der Waals surface area contributed by atoms with E-state index in [1.54, 1.807) is 0 Å². The molecule has 1 aromatic heterocycles. The van der Waals surface area contributed by atoms with Gasteiger partial charge in [-0.3, -0.25) is 0 Å². The zero-order chi connectivity index (χ0) is 20.9. The molecule has 4 rings (SSSR count). The minimum Gasteiger partial charge on any atom is -0.493 e. The molecular weight excluding hydrogens is 503 g/mol. The predicted octanol–water partition coefficient (Wildman–Crippen LogP) is 4.27. The summed E-state index contributed by atoms with van der Waals surface area (Å²) >= 11 is 0. The molecule has 170 valence electrons. The Balaban J connectivity index is 0.00000272. The predicted molar refractivity (Wildman–Crippen MR) is 134 cm³/mol. The van der Waals surface area contributed by atoms with E-state index in [1.807, 2.05) is 30.7 Å². The lowest BCUT2D eigenvalue weighted by Gasteiger charge is -2.32. The topological polar surface area (TPSA) is 76.4 Å². The highest BCUT2D eigenvalue weighted by Gasteiger charge is 2.25. The summed E-state index contributed by atoms with van der Waals surface area (Å²) in [5.41, 5.74) is 1.20. The summed E-state index contributed by atoms with van der Waals surface area (Å²) < 4.78 is 7.83. The average molecular weight is 538 g/mol. The van der Waals surface area contributed by atoms with E-state index in [2.05, 4.69) is 39.9 Å². The first-order chi connectivity index (χ1) is 14.6. The van der Waals surface area contributed by atoms with Gasteiger partial charge in [0.05, 0.1) is 12.6 Å². The largest absolute Gasteiger partial charge is 0.493 e. The maximum Gasteiger partial charge on any atom is 0.192 e. The Morgan fingerprint density at radius 3 is 2.61 bits per heavy atom. The summed E-state index contributed by atoms with van der Waals surface area (Å²) in [5.74, 6) is 4.47. The van der Waals surface area contributed by atoms with Crippen molar-refractivity contribution < 1.29 is 4.74 Å². The highest BCUT2D eigenvalue weighted by Crippen LogP contribution is 2.31. The van der Waals surface area contributed by atoms with Crippen LogP contribution in [0.4, 0.5) is 0 Å². The summed E-state index contributed by atoms with van der Waals surface area (Å²) in [6, 6.07) is 8.94. The van der Waals surface area contributed by atoms with Gasteiger partial charge in [-0.2, -0.15) is 0 Å². The number of halogens is 1. The fourth-order valence-corrected chi connectivity index (χ4v) is 4.44. The quantitative estimate of drug-likeness (QED) is 0.338. The number of aryl methyl sites for hydroxylation is 1. The molecule has 2 N–H and O–H groups in total. The van der Waals surface area contributed by atoms with E-state index in [-0.39, 0.29) is 30.0 Å². The molecule has 1 atom stereocenters. The molecule has 1 aromatic carbocycles. The Bertz CT molecular complexity index is 875. The molecule has 1 fully saturated rings. The number of benzene rings is 1. The monoisotopic (exact) mass is 538 g/mol. The van der Waals surface area contributed by atoms with Crippen molar-refractivity contribution in [1.29, 1.82) is 0 Å². The zero-order valence-corrected chi connectivity index (χ0v) is 21.1. The van der Waals surface area contributed by atoms with Gasteiger partial charge in [-0.05, 0) is 44.6 Å². The first-order valence-electron chi connectivity index (χ1n) is 11.3. The third-order valence-corrected chi connectivity index (χ3v) is 6.60. The SMILES string of the molecule is CCC1CCC(NC(=NCc2nnc(C)n2C)NC2CCOc3ccccc32)CC1.I. The number of aliphatic imine (C=N–C) groups is 1. The van der Waals surface area contributed by atoms with Gasteiger partial charge in [0.25, 0.3) is 0 Å². The van der Waals surface area contributed by atoms with E-state index in [4.69, 9.17) is 9.73 Å². The van der Waals surface area contributed by atoms with Crippen molar-refractivity contribution in [1.82, 2.24) is 25.4 Å². The molecule has 1 saturated carbocycles. The number of nitrogens with zero attached hydrogens (tertiary/aromatic N) is 4. The molecule has 0 amide bonds. The fourth-order valence-electron chi connectivity index (χ4n) is 4.44. The number of para-hydroxylation sites is 1. The number of rotatable bonds is 5. The van der Waals surface area contributed by atoms with Crippen molar-refractivity contribution in [2.75, 3.05) is 6.61 Å². The lowest BCUT2D eigenvalue weighted by Crippen LogP contribution is -2.46. The minimum atomic E-state index is 0. The van der Waals surface area contributed by atoms with E-state index in [0.29, 0.717) is 19.2 Å². The normalized spacial score (nSPS) is 23.3. The van der Waals surface area contributed by atoms with Crippen molar-refractivity contribution in [2.45, 2.75) is 71.0 Å². The van der Waals surface area contributed by atoms with Gasteiger partial charge in [-0.1, -0.05) is 31.5 Å². The Morgan fingerprint density at radius 2 is 1.90 bits per heavy atom. The smallest absolute Gasteiger partial charge is 0.192 e. The third kappa shape index (κ3) is 5.90. The molecule has 2 aromatic rings. The van der Waals surface area contributed by atoms with Gasteiger partial charge in [0, 0.05) is 25.1 Å². The number of ether oxygens (including phenoxy) is 1. The van der Waals surface area contributed by atoms with E-state index in [1.165, 1.54) is 37.7 Å². The molecule has 1 unspecified atom stereocenters. The highest BCUT2D eigenvalue weighted by atomic mass is 127. The van der Waals surface area contributed by atoms with E-state index < -0.39 is 0 Å². The molecule has 8 heteroatoms. The summed E-state index contributed by atoms with van der Waals surface area (Å²) in [5, 5.41) is 15.8. The Morgan fingerprint density at radius 1 is 1.13 bits per heavy atom. The Hall–Kier alpha value is -1.84. The third-order valence-electron chi connectivity index (χ3n) is 6.60. The van der Waals surface area contributed by atoms with Gasteiger partial charge < -0.3 is 19.9 Å². The lowest BCUT2D eigenvalue weighted by molar-refractivity contribution is 0.260. The molecule has 2 aliphatic rings. The zero-order valence-electron chi connectivity index (χ0n) is 18.8. The van der Waals surface area contributed by atoms with Crippen LogP contribution in [0.5, 0.6) is 5.75 Å². The van der Waals surface area contributed by atoms with Crippen LogP contribution in [0.3, 0.4) is 0 Å². The second kappa shape index (κ2) is 11.2. The van der Waals surface area contributed by atoms with Crippen LogP contribution in [0.1, 0.15) is 68.7 Å². The summed E-state index contributed by atoms with van der Waals surface area (Å²) in [7, 11) is 1.99. The van der Waals surface area contributed by atoms with Crippen LogP contribution in [-0.2, 0) is 13.6 Å². The maximum absolute atomic E-state index is 5.84. The second-order valence-corrected chi connectivity index (χ2v) is 8.53. The standard InChI is InChI=1S/C23H34N6O.HI/c1-4-17-9-11-18(12-10-17)25-23(24-15-22-28-27-16(2)29(22)3)26-20-13-14-30-21-8-6-5-7-19(20)21;/h5-8,17-18,20H,4,9-15H2,1-3H3,(H2,24,25,26);1H. The Labute approximate surface area is 202 Å². The summed E-state index contributed by atoms with van der Waals surface area (Å²) in [4.78, 5) is 4.90. The highest BCUT2D eigenvalue weighted by molar-refractivity contribution is 14.0. The van der Waals surface area contributed by atoms with Crippen molar-refractivity contribution in [3.63, 3.8) is 0 Å². The fraction of sp³-hybridized carbons (Fsp3) is 0.609. The van der Waals surface area contributed by atoms with Crippen LogP contribution in [-0.4, -0.2) is 33.4 Å². The van der Waals surface area contributed by atoms with Crippen molar-refractivity contribution in [3.05, 3.63) is 41.5 Å². The van der Waals surface area contributed by atoms with Crippen LogP contribution >= 0.6 is 24.0 Å². The first-order valence-corrected chi connectivity index (χ1v) is 11.3. The van der Waals surface area contributed by atoms with Crippen molar-refractivity contribution >= 4 is 29.9 Å². The lowest BCUT2D eigenvalue weighted by atomic mass is 9.84. The van der Waals surface area contributed by atoms with Gasteiger partial charge in [0.15, 0.2) is 11.8 Å². The van der Waals surface area contributed by atoms with Crippen LogP contribution in [0.25, 0.3) is 0 Å². The molecule has 2 heterocycles. The van der Waals surface area contributed by atoms with Crippen LogP contribution in [0, 0.1) is 12.8 Å². The van der Waals surface area contributed by atoms with Crippen molar-refractivity contribution in [2.24, 2.45) is 18.0 Å².